The predicted molar refractivity (Wildman–Crippen MR) is 78.7 cm³/mol. The maximum absolute atomic E-state index is 12.5. The molecule has 1 amide bonds. The molecule has 0 aliphatic carbocycles. The van der Waals surface area contributed by atoms with Crippen LogP contribution < -0.4 is 0 Å². The minimum Gasteiger partial charge on any atom is -0.394 e. The second-order valence-electron chi connectivity index (χ2n) is 5.42. The Labute approximate surface area is 125 Å². The zero-order valence-electron chi connectivity index (χ0n) is 12.6. The van der Waals surface area contributed by atoms with Crippen LogP contribution in [0.3, 0.4) is 0 Å². The minimum atomic E-state index is -0.509. The highest BCUT2D eigenvalue weighted by Crippen LogP contribution is 2.14. The molecule has 5 nitrogen and oxygen atoms in total. The largest absolute Gasteiger partial charge is 0.394 e. The quantitative estimate of drug-likeness (QED) is 0.886. The van der Waals surface area contributed by atoms with Crippen molar-refractivity contribution in [3.8, 4) is 0 Å². The van der Waals surface area contributed by atoms with Gasteiger partial charge in [0.05, 0.1) is 32.0 Å². The zero-order chi connectivity index (χ0) is 15.2. The van der Waals surface area contributed by atoms with E-state index >= 15 is 0 Å². The van der Waals surface area contributed by atoms with Crippen LogP contribution >= 0.6 is 0 Å². The zero-order valence-corrected chi connectivity index (χ0v) is 12.6. The summed E-state index contributed by atoms with van der Waals surface area (Å²) >= 11 is 0. The maximum atomic E-state index is 12.5. The van der Waals surface area contributed by atoms with Gasteiger partial charge in [-0.15, -0.1) is 0 Å². The molecule has 1 aromatic carbocycles. The van der Waals surface area contributed by atoms with Crippen LogP contribution in [0, 0.1) is 0 Å². The highest BCUT2D eigenvalue weighted by molar-refractivity contribution is 5.81. The molecule has 1 saturated heterocycles. The van der Waals surface area contributed by atoms with Gasteiger partial charge in [0.15, 0.2) is 0 Å². The molecule has 5 heteroatoms. The number of carbonyl (C=O) groups excluding carboxylic acids is 1. The Bertz CT molecular complexity index is 451. The molecule has 1 N–H and O–H groups in total. The van der Waals surface area contributed by atoms with Gasteiger partial charge in [-0.3, -0.25) is 4.79 Å². The fraction of sp³-hybridized carbons (Fsp3) is 0.562. The van der Waals surface area contributed by atoms with Gasteiger partial charge in [-0.25, -0.2) is 0 Å². The molecule has 1 aliphatic rings. The maximum Gasteiger partial charge on any atom is 0.251 e. The Kier molecular flexibility index (Phi) is 5.73. The number of nitrogens with zero attached hydrogens (tertiary/aromatic N) is 1. The Morgan fingerprint density at radius 3 is 2.86 bits per heavy atom. The summed E-state index contributed by atoms with van der Waals surface area (Å²) in [7, 11) is 0. The molecule has 1 heterocycles. The SMILES string of the molecule is CC(OCc1ccccc1)C(=O)N1CC(CO)OCC1C. The van der Waals surface area contributed by atoms with E-state index in [1.807, 2.05) is 37.3 Å². The first-order chi connectivity index (χ1) is 10.1. The summed E-state index contributed by atoms with van der Waals surface area (Å²) in [6, 6.07) is 9.78. The number of benzene rings is 1. The number of hydrogen-bond acceptors (Lipinski definition) is 4. The molecule has 2 rings (SSSR count). The molecule has 1 aromatic rings. The van der Waals surface area contributed by atoms with E-state index in [1.165, 1.54) is 0 Å². The molecule has 0 saturated carbocycles. The molecule has 0 aromatic heterocycles. The Morgan fingerprint density at radius 2 is 2.19 bits per heavy atom. The third kappa shape index (κ3) is 4.27. The van der Waals surface area contributed by atoms with Crippen LogP contribution in [0.5, 0.6) is 0 Å². The van der Waals surface area contributed by atoms with Crippen molar-refractivity contribution >= 4 is 5.91 Å². The molecule has 1 aliphatic heterocycles. The average Bonchev–Trinajstić information content (AvgIpc) is 2.53. The summed E-state index contributed by atoms with van der Waals surface area (Å²) < 4.78 is 11.1. The summed E-state index contributed by atoms with van der Waals surface area (Å²) in [5, 5.41) is 9.17. The molecule has 3 atom stereocenters. The van der Waals surface area contributed by atoms with E-state index in [0.717, 1.165) is 5.56 Å². The number of rotatable bonds is 5. The smallest absolute Gasteiger partial charge is 0.251 e. The number of aliphatic hydroxyl groups is 1. The lowest BCUT2D eigenvalue weighted by molar-refractivity contribution is -0.157. The van der Waals surface area contributed by atoms with Gasteiger partial charge in [-0.2, -0.15) is 0 Å². The van der Waals surface area contributed by atoms with Crippen molar-refractivity contribution in [2.75, 3.05) is 19.8 Å². The van der Waals surface area contributed by atoms with Crippen LogP contribution in [0.15, 0.2) is 30.3 Å². The van der Waals surface area contributed by atoms with Crippen LogP contribution in [-0.2, 0) is 20.9 Å². The van der Waals surface area contributed by atoms with Gasteiger partial charge in [-0.05, 0) is 19.4 Å². The van der Waals surface area contributed by atoms with Crippen molar-refractivity contribution < 1.29 is 19.4 Å². The van der Waals surface area contributed by atoms with Gasteiger partial charge in [-0.1, -0.05) is 30.3 Å². The highest BCUT2D eigenvalue weighted by atomic mass is 16.5. The second-order valence-corrected chi connectivity index (χ2v) is 5.42. The summed E-state index contributed by atoms with van der Waals surface area (Å²) in [5.74, 6) is -0.0554. The fourth-order valence-corrected chi connectivity index (χ4v) is 2.34. The molecular formula is C16H23NO4. The molecular weight excluding hydrogens is 270 g/mol. The van der Waals surface area contributed by atoms with Crippen molar-refractivity contribution in [1.29, 1.82) is 0 Å². The minimum absolute atomic E-state index is 0.00285. The lowest BCUT2D eigenvalue weighted by Gasteiger charge is -2.38. The summed E-state index contributed by atoms with van der Waals surface area (Å²) in [6.07, 6.45) is -0.809. The van der Waals surface area contributed by atoms with E-state index in [4.69, 9.17) is 9.47 Å². The van der Waals surface area contributed by atoms with Crippen molar-refractivity contribution in [2.24, 2.45) is 0 Å². The van der Waals surface area contributed by atoms with E-state index in [1.54, 1.807) is 11.8 Å². The van der Waals surface area contributed by atoms with Crippen LogP contribution in [0.4, 0.5) is 0 Å². The molecule has 0 bridgehead atoms. The predicted octanol–water partition coefficient (Wildman–Crippen LogP) is 1.20. The van der Waals surface area contributed by atoms with Crippen LogP contribution in [0.1, 0.15) is 19.4 Å². The number of amides is 1. The van der Waals surface area contributed by atoms with Gasteiger partial charge in [0.25, 0.3) is 5.91 Å². The first-order valence-corrected chi connectivity index (χ1v) is 7.30. The van der Waals surface area contributed by atoms with Crippen LogP contribution in [0.25, 0.3) is 0 Å². The number of hydrogen-bond donors (Lipinski definition) is 1. The monoisotopic (exact) mass is 293 g/mol. The Morgan fingerprint density at radius 1 is 1.48 bits per heavy atom. The van der Waals surface area contributed by atoms with Crippen molar-refractivity contribution in [3.05, 3.63) is 35.9 Å². The van der Waals surface area contributed by atoms with Crippen LogP contribution in [-0.4, -0.2) is 53.9 Å². The van der Waals surface area contributed by atoms with E-state index in [9.17, 15) is 9.90 Å². The summed E-state index contributed by atoms with van der Waals surface area (Å²) in [6.45, 7) is 4.90. The van der Waals surface area contributed by atoms with Crippen molar-refractivity contribution in [2.45, 2.75) is 38.7 Å². The highest BCUT2D eigenvalue weighted by Gasteiger charge is 2.31. The van der Waals surface area contributed by atoms with Crippen molar-refractivity contribution in [1.82, 2.24) is 4.90 Å². The summed E-state index contributed by atoms with van der Waals surface area (Å²) in [4.78, 5) is 14.2. The second kappa shape index (κ2) is 7.54. The summed E-state index contributed by atoms with van der Waals surface area (Å²) in [5.41, 5.74) is 1.04. The average molecular weight is 293 g/mol. The van der Waals surface area contributed by atoms with E-state index in [-0.39, 0.29) is 24.7 Å². The molecule has 0 radical (unpaired) electrons. The standard InChI is InChI=1S/C16H23NO4/c1-12-10-21-15(9-18)8-17(12)16(19)13(2)20-11-14-6-4-3-5-7-14/h3-7,12-13,15,18H,8-11H2,1-2H3. The first kappa shape index (κ1) is 15.9. The molecule has 116 valence electrons. The number of aliphatic hydroxyl groups excluding tert-OH is 1. The van der Waals surface area contributed by atoms with E-state index in [0.29, 0.717) is 19.8 Å². The molecule has 1 fully saturated rings. The number of ether oxygens (including phenoxy) is 2. The number of carbonyl (C=O) groups is 1. The van der Waals surface area contributed by atoms with Crippen LogP contribution in [0.2, 0.25) is 0 Å². The van der Waals surface area contributed by atoms with E-state index < -0.39 is 6.10 Å². The van der Waals surface area contributed by atoms with Gasteiger partial charge in [0, 0.05) is 6.54 Å². The Balaban J connectivity index is 1.89. The van der Waals surface area contributed by atoms with Gasteiger partial charge < -0.3 is 19.5 Å². The molecule has 21 heavy (non-hydrogen) atoms. The fourth-order valence-electron chi connectivity index (χ4n) is 2.34. The third-order valence-electron chi connectivity index (χ3n) is 3.68. The van der Waals surface area contributed by atoms with Gasteiger partial charge >= 0.3 is 0 Å². The number of morpholine rings is 1. The molecule has 3 unspecified atom stereocenters. The van der Waals surface area contributed by atoms with Gasteiger partial charge in [0.2, 0.25) is 0 Å². The topological polar surface area (TPSA) is 59.0 Å². The van der Waals surface area contributed by atoms with Gasteiger partial charge in [0.1, 0.15) is 6.10 Å². The van der Waals surface area contributed by atoms with E-state index in [2.05, 4.69) is 0 Å². The van der Waals surface area contributed by atoms with Crippen molar-refractivity contribution in [3.63, 3.8) is 0 Å². The lowest BCUT2D eigenvalue weighted by Crippen LogP contribution is -2.54. The molecule has 0 spiro atoms. The normalized spacial score (nSPS) is 23.9. The Hall–Kier alpha value is -1.43. The lowest BCUT2D eigenvalue weighted by atomic mass is 10.1. The first-order valence-electron chi connectivity index (χ1n) is 7.30. The third-order valence-corrected chi connectivity index (χ3v) is 3.68.